The molecule has 5 nitrogen and oxygen atoms in total. The molecule has 0 aromatic heterocycles. The van der Waals surface area contributed by atoms with Gasteiger partial charge in [0.15, 0.2) is 0 Å². The van der Waals surface area contributed by atoms with Crippen molar-refractivity contribution in [1.82, 2.24) is 0 Å². The molecular weight excluding hydrogens is 150 g/mol. The first kappa shape index (κ1) is 8.89. The van der Waals surface area contributed by atoms with Gasteiger partial charge in [-0.15, -0.1) is 0 Å². The molecule has 1 aliphatic rings. The van der Waals surface area contributed by atoms with E-state index in [1.807, 2.05) is 0 Å². The van der Waals surface area contributed by atoms with E-state index in [1.54, 1.807) is 6.92 Å². The van der Waals surface area contributed by atoms with Crippen LogP contribution in [0.3, 0.4) is 0 Å². The summed E-state index contributed by atoms with van der Waals surface area (Å²) >= 11 is 0. The van der Waals surface area contributed by atoms with Gasteiger partial charge >= 0.3 is 0 Å². The van der Waals surface area contributed by atoms with Gasteiger partial charge in [-0.2, -0.15) is 0 Å². The van der Waals surface area contributed by atoms with Crippen molar-refractivity contribution in [3.63, 3.8) is 0 Å². The minimum Gasteiger partial charge on any atom is -0.388 e. The van der Waals surface area contributed by atoms with Gasteiger partial charge in [-0.3, -0.25) is 0 Å². The van der Waals surface area contributed by atoms with Crippen molar-refractivity contribution in [2.75, 3.05) is 0 Å². The normalized spacial score (nSPS) is 52.6. The predicted molar refractivity (Wildman–Crippen MR) is 36.5 cm³/mol. The Morgan fingerprint density at radius 3 is 2.18 bits per heavy atom. The van der Waals surface area contributed by atoms with Gasteiger partial charge in [-0.1, -0.05) is 0 Å². The first-order valence-electron chi connectivity index (χ1n) is 3.49. The second kappa shape index (κ2) is 3.04. The molecule has 5 atom stereocenters. The molecule has 0 spiro atoms. The maximum atomic E-state index is 9.14. The molecule has 0 saturated carbocycles. The van der Waals surface area contributed by atoms with Gasteiger partial charge in [0.2, 0.25) is 0 Å². The van der Waals surface area contributed by atoms with Crippen molar-refractivity contribution >= 4 is 0 Å². The second-order valence-electron chi connectivity index (χ2n) is 2.78. The monoisotopic (exact) mass is 163 g/mol. The van der Waals surface area contributed by atoms with Gasteiger partial charge in [0, 0.05) is 0 Å². The fourth-order valence-electron chi connectivity index (χ4n) is 1.08. The molecule has 1 saturated heterocycles. The first-order chi connectivity index (χ1) is 5.04. The molecule has 1 heterocycles. The van der Waals surface area contributed by atoms with Crippen molar-refractivity contribution in [3.8, 4) is 0 Å². The Kier molecular flexibility index (Phi) is 2.46. The molecule has 66 valence electrons. The fraction of sp³-hybridized carbons (Fsp3) is 1.00. The molecule has 11 heavy (non-hydrogen) atoms. The summed E-state index contributed by atoms with van der Waals surface area (Å²) in [5.41, 5.74) is 5.28. The van der Waals surface area contributed by atoms with E-state index in [-0.39, 0.29) is 0 Å². The van der Waals surface area contributed by atoms with Crippen molar-refractivity contribution in [1.29, 1.82) is 0 Å². The average Bonchev–Trinajstić information content (AvgIpc) is 1.97. The highest BCUT2D eigenvalue weighted by molar-refractivity contribution is 4.87. The average molecular weight is 163 g/mol. The zero-order valence-electron chi connectivity index (χ0n) is 6.21. The fourth-order valence-corrected chi connectivity index (χ4v) is 1.08. The lowest BCUT2D eigenvalue weighted by Crippen LogP contribution is -2.59. The maximum Gasteiger partial charge on any atom is 0.135 e. The van der Waals surface area contributed by atoms with E-state index in [0.717, 1.165) is 0 Å². The number of hydrogen-bond acceptors (Lipinski definition) is 5. The van der Waals surface area contributed by atoms with Crippen LogP contribution in [0.4, 0.5) is 0 Å². The van der Waals surface area contributed by atoms with E-state index in [0.29, 0.717) is 0 Å². The highest BCUT2D eigenvalue weighted by atomic mass is 16.5. The number of ether oxygens (including phenoxy) is 1. The van der Waals surface area contributed by atoms with Crippen LogP contribution in [0.25, 0.3) is 0 Å². The second-order valence-corrected chi connectivity index (χ2v) is 2.78. The van der Waals surface area contributed by atoms with E-state index in [9.17, 15) is 0 Å². The number of aliphatic hydroxyl groups excluding tert-OH is 3. The van der Waals surface area contributed by atoms with E-state index in [1.165, 1.54) is 0 Å². The van der Waals surface area contributed by atoms with E-state index in [2.05, 4.69) is 0 Å². The zero-order valence-corrected chi connectivity index (χ0v) is 6.21. The summed E-state index contributed by atoms with van der Waals surface area (Å²) in [5.74, 6) is 0. The van der Waals surface area contributed by atoms with Crippen LogP contribution in [0.15, 0.2) is 0 Å². The molecule has 1 rings (SSSR count). The Labute approximate surface area is 64.4 Å². The topological polar surface area (TPSA) is 95.9 Å². The highest BCUT2D eigenvalue weighted by Gasteiger charge is 2.39. The standard InChI is InChI=1S/C6H13NO4/c1-2-3(8)4(9)5(10)6(7)11-2/h2-6,8-10H,7H2,1H3/t2-,3?,4?,5-,6?/m0/s1. The molecule has 1 aliphatic heterocycles. The maximum absolute atomic E-state index is 9.14. The van der Waals surface area contributed by atoms with Gasteiger partial charge in [-0.05, 0) is 6.92 Å². The lowest BCUT2D eigenvalue weighted by molar-refractivity contribution is -0.215. The molecule has 0 amide bonds. The summed E-state index contributed by atoms with van der Waals surface area (Å²) in [6.07, 6.45) is -4.94. The third kappa shape index (κ3) is 1.52. The molecule has 5 heteroatoms. The van der Waals surface area contributed by atoms with Crippen LogP contribution in [-0.4, -0.2) is 46.0 Å². The van der Waals surface area contributed by atoms with Crippen LogP contribution < -0.4 is 5.73 Å². The smallest absolute Gasteiger partial charge is 0.135 e. The van der Waals surface area contributed by atoms with Crippen LogP contribution in [-0.2, 0) is 4.74 Å². The Morgan fingerprint density at radius 1 is 1.09 bits per heavy atom. The van der Waals surface area contributed by atoms with E-state index >= 15 is 0 Å². The minimum absolute atomic E-state index is 0.539. The van der Waals surface area contributed by atoms with Crippen molar-refractivity contribution in [2.24, 2.45) is 5.73 Å². The Bertz CT molecular complexity index is 129. The van der Waals surface area contributed by atoms with Gasteiger partial charge in [-0.25, -0.2) is 0 Å². The SMILES string of the molecule is C[C@@H]1OC(N)[C@@H](O)C(O)C1O. The van der Waals surface area contributed by atoms with Crippen LogP contribution in [0.5, 0.6) is 0 Å². The number of aliphatic hydroxyl groups is 3. The minimum atomic E-state index is -1.21. The molecule has 3 unspecified atom stereocenters. The lowest BCUT2D eigenvalue weighted by Gasteiger charge is -2.37. The molecular formula is C6H13NO4. The molecule has 0 aromatic carbocycles. The third-order valence-electron chi connectivity index (χ3n) is 1.89. The first-order valence-corrected chi connectivity index (χ1v) is 3.49. The molecule has 0 aliphatic carbocycles. The van der Waals surface area contributed by atoms with E-state index in [4.69, 9.17) is 25.8 Å². The Morgan fingerprint density at radius 2 is 1.64 bits per heavy atom. The van der Waals surface area contributed by atoms with Crippen molar-refractivity contribution in [2.45, 2.75) is 37.6 Å². The summed E-state index contributed by atoms with van der Waals surface area (Å²) < 4.78 is 4.90. The lowest BCUT2D eigenvalue weighted by atomic mass is 9.99. The van der Waals surface area contributed by atoms with Gasteiger partial charge in [0.25, 0.3) is 0 Å². The predicted octanol–water partition coefficient (Wildman–Crippen LogP) is -2.23. The summed E-state index contributed by atoms with van der Waals surface area (Å²) in [5, 5.41) is 27.3. The summed E-state index contributed by atoms with van der Waals surface area (Å²) in [4.78, 5) is 0. The van der Waals surface area contributed by atoms with Crippen molar-refractivity contribution < 1.29 is 20.1 Å². The quantitative estimate of drug-likeness (QED) is 0.324. The van der Waals surface area contributed by atoms with Crippen molar-refractivity contribution in [3.05, 3.63) is 0 Å². The summed E-state index contributed by atoms with van der Waals surface area (Å²) in [6, 6.07) is 0. The molecule has 5 N–H and O–H groups in total. The number of nitrogens with two attached hydrogens (primary N) is 1. The van der Waals surface area contributed by atoms with Crippen LogP contribution >= 0.6 is 0 Å². The third-order valence-corrected chi connectivity index (χ3v) is 1.89. The molecule has 1 fully saturated rings. The Hall–Kier alpha value is -0.200. The van der Waals surface area contributed by atoms with Crippen LogP contribution in [0.1, 0.15) is 6.92 Å². The van der Waals surface area contributed by atoms with Gasteiger partial charge < -0.3 is 25.8 Å². The van der Waals surface area contributed by atoms with Crippen LogP contribution in [0, 0.1) is 0 Å². The molecule has 0 bridgehead atoms. The number of hydrogen-bond donors (Lipinski definition) is 4. The highest BCUT2D eigenvalue weighted by Crippen LogP contribution is 2.17. The van der Waals surface area contributed by atoms with Gasteiger partial charge in [0.05, 0.1) is 6.10 Å². The van der Waals surface area contributed by atoms with Gasteiger partial charge in [0.1, 0.15) is 24.5 Å². The summed E-state index contributed by atoms with van der Waals surface area (Å²) in [6.45, 7) is 1.58. The molecule has 0 aromatic rings. The van der Waals surface area contributed by atoms with Crippen LogP contribution in [0.2, 0.25) is 0 Å². The number of rotatable bonds is 0. The largest absolute Gasteiger partial charge is 0.388 e. The zero-order chi connectivity index (χ0) is 8.59. The Balaban J connectivity index is 2.63. The molecule has 0 radical (unpaired) electrons. The van der Waals surface area contributed by atoms with E-state index < -0.39 is 30.6 Å². The summed E-state index contributed by atoms with van der Waals surface area (Å²) in [7, 11) is 0.